The van der Waals surface area contributed by atoms with E-state index < -0.39 is 0 Å². The number of unbranched alkanes of at least 4 members (excludes halogenated alkanes) is 2. The van der Waals surface area contributed by atoms with Gasteiger partial charge in [0.05, 0.1) is 12.2 Å². The second kappa shape index (κ2) is 7.67. The van der Waals surface area contributed by atoms with Crippen LogP contribution in [0.2, 0.25) is 0 Å². The van der Waals surface area contributed by atoms with Crippen molar-refractivity contribution >= 4 is 0 Å². The Morgan fingerprint density at radius 2 is 2.13 bits per heavy atom. The van der Waals surface area contributed by atoms with E-state index in [0.29, 0.717) is 18.6 Å². The highest BCUT2D eigenvalue weighted by Gasteiger charge is 2.23. The van der Waals surface area contributed by atoms with Gasteiger partial charge in [0.25, 0.3) is 0 Å². The fraction of sp³-hybridized carbons (Fsp3) is 0.917. The zero-order valence-corrected chi connectivity index (χ0v) is 9.67. The first-order valence-electron chi connectivity index (χ1n) is 6.04. The average molecular weight is 210 g/mol. The predicted octanol–water partition coefficient (Wildman–Crippen LogP) is 2.23. The molecule has 2 unspecified atom stereocenters. The van der Waals surface area contributed by atoms with Crippen LogP contribution in [0.4, 0.5) is 0 Å². The highest BCUT2D eigenvalue weighted by atomic mass is 16.5. The molecule has 1 aliphatic rings. The number of hydrogen-bond donors (Lipinski definition) is 1. The number of likely N-dealkylation sites (N-methyl/N-ethyl adjacent to an activating group) is 1. The van der Waals surface area contributed by atoms with Crippen LogP contribution in [0.1, 0.15) is 44.9 Å². The Morgan fingerprint density at radius 3 is 2.87 bits per heavy atom. The molecule has 3 heteroatoms. The Hall–Kier alpha value is -0.590. The number of nitrogens with zero attached hydrogens (tertiary/aromatic N) is 1. The Balaban J connectivity index is 2.10. The molecule has 0 heterocycles. The normalized spacial score (nSPS) is 26.1. The Labute approximate surface area is 92.8 Å². The van der Waals surface area contributed by atoms with Crippen molar-refractivity contribution in [2.75, 3.05) is 13.7 Å². The smallest absolute Gasteiger partial charge is 0.0727 e. The molecule has 1 saturated carbocycles. The molecule has 0 aliphatic heterocycles. The molecule has 3 nitrogen and oxygen atoms in total. The van der Waals surface area contributed by atoms with E-state index in [2.05, 4.69) is 11.4 Å². The van der Waals surface area contributed by atoms with Crippen LogP contribution >= 0.6 is 0 Å². The van der Waals surface area contributed by atoms with E-state index in [4.69, 9.17) is 10.00 Å². The maximum atomic E-state index is 8.39. The van der Waals surface area contributed by atoms with Crippen molar-refractivity contribution in [3.05, 3.63) is 0 Å². The lowest BCUT2D eigenvalue weighted by molar-refractivity contribution is 0.00561. The second-order valence-corrected chi connectivity index (χ2v) is 4.20. The zero-order valence-electron chi connectivity index (χ0n) is 9.67. The monoisotopic (exact) mass is 210 g/mol. The molecule has 86 valence electrons. The average Bonchev–Trinajstić information content (AvgIpc) is 2.29. The molecule has 0 aromatic heterocycles. The first kappa shape index (κ1) is 12.5. The zero-order chi connectivity index (χ0) is 10.9. The first-order chi connectivity index (χ1) is 7.38. The van der Waals surface area contributed by atoms with Gasteiger partial charge in [-0.2, -0.15) is 5.26 Å². The van der Waals surface area contributed by atoms with E-state index in [1.165, 1.54) is 25.7 Å². The van der Waals surface area contributed by atoms with Gasteiger partial charge in [-0.25, -0.2) is 0 Å². The molecule has 0 bridgehead atoms. The molecule has 15 heavy (non-hydrogen) atoms. The van der Waals surface area contributed by atoms with Gasteiger partial charge in [-0.3, -0.25) is 0 Å². The minimum atomic E-state index is 0.394. The van der Waals surface area contributed by atoms with E-state index >= 15 is 0 Å². The number of rotatable bonds is 6. The Kier molecular flexibility index (Phi) is 6.38. The van der Waals surface area contributed by atoms with Crippen LogP contribution in [0.15, 0.2) is 0 Å². The van der Waals surface area contributed by atoms with Crippen molar-refractivity contribution in [2.45, 2.75) is 57.1 Å². The van der Waals surface area contributed by atoms with Gasteiger partial charge in [0.15, 0.2) is 0 Å². The van der Waals surface area contributed by atoms with Crippen LogP contribution in [-0.2, 0) is 4.74 Å². The van der Waals surface area contributed by atoms with E-state index in [1.807, 2.05) is 7.05 Å². The van der Waals surface area contributed by atoms with E-state index in [1.54, 1.807) is 0 Å². The fourth-order valence-corrected chi connectivity index (χ4v) is 2.17. The standard InChI is InChI=1S/C12H22N2O/c1-14-11-7-3-4-8-12(11)15-10-6-2-5-9-13/h11-12,14H,2-8,10H2,1H3. The van der Waals surface area contributed by atoms with Gasteiger partial charge >= 0.3 is 0 Å². The predicted molar refractivity (Wildman–Crippen MR) is 60.5 cm³/mol. The van der Waals surface area contributed by atoms with E-state index in [-0.39, 0.29) is 0 Å². The summed E-state index contributed by atoms with van der Waals surface area (Å²) in [6.45, 7) is 0.810. The van der Waals surface area contributed by atoms with Crippen molar-refractivity contribution < 1.29 is 4.74 Å². The molecule has 0 spiro atoms. The summed E-state index contributed by atoms with van der Waals surface area (Å²) >= 11 is 0. The van der Waals surface area contributed by atoms with Gasteiger partial charge in [0, 0.05) is 19.1 Å². The molecule has 0 aromatic rings. The number of hydrogen-bond acceptors (Lipinski definition) is 3. The number of nitrogens with one attached hydrogen (secondary N) is 1. The van der Waals surface area contributed by atoms with Gasteiger partial charge < -0.3 is 10.1 Å². The third-order valence-electron chi connectivity index (χ3n) is 3.09. The van der Waals surface area contributed by atoms with Crippen LogP contribution in [0, 0.1) is 11.3 Å². The SMILES string of the molecule is CNC1CCCCC1OCCCCC#N. The third-order valence-corrected chi connectivity index (χ3v) is 3.09. The highest BCUT2D eigenvalue weighted by molar-refractivity contribution is 4.80. The van der Waals surface area contributed by atoms with Crippen molar-refractivity contribution in [1.82, 2.24) is 5.32 Å². The van der Waals surface area contributed by atoms with Gasteiger partial charge in [-0.1, -0.05) is 12.8 Å². The Bertz CT molecular complexity index is 200. The van der Waals surface area contributed by atoms with Gasteiger partial charge in [0.1, 0.15) is 0 Å². The Morgan fingerprint density at radius 1 is 1.33 bits per heavy atom. The lowest BCUT2D eigenvalue weighted by Gasteiger charge is -2.31. The maximum Gasteiger partial charge on any atom is 0.0727 e. The minimum Gasteiger partial charge on any atom is -0.377 e. The summed E-state index contributed by atoms with van der Waals surface area (Å²) in [5, 5.41) is 11.7. The highest BCUT2D eigenvalue weighted by Crippen LogP contribution is 2.21. The van der Waals surface area contributed by atoms with Gasteiger partial charge in [-0.15, -0.1) is 0 Å². The molecule has 1 fully saturated rings. The van der Waals surface area contributed by atoms with Crippen molar-refractivity contribution in [2.24, 2.45) is 0 Å². The number of nitriles is 1. The summed E-state index contributed by atoms with van der Waals surface area (Å²) in [4.78, 5) is 0. The fourth-order valence-electron chi connectivity index (χ4n) is 2.17. The van der Waals surface area contributed by atoms with E-state index in [0.717, 1.165) is 19.4 Å². The molecule has 1 aliphatic carbocycles. The quantitative estimate of drug-likeness (QED) is 0.684. The molecular weight excluding hydrogens is 188 g/mol. The molecule has 2 atom stereocenters. The topological polar surface area (TPSA) is 45.0 Å². The van der Waals surface area contributed by atoms with Crippen molar-refractivity contribution in [3.63, 3.8) is 0 Å². The molecule has 1 rings (SSSR count). The molecule has 0 saturated heterocycles. The van der Waals surface area contributed by atoms with Crippen molar-refractivity contribution in [3.8, 4) is 6.07 Å². The number of ether oxygens (including phenoxy) is 1. The first-order valence-corrected chi connectivity index (χ1v) is 6.04. The molecule has 0 aromatic carbocycles. The van der Waals surface area contributed by atoms with E-state index in [9.17, 15) is 0 Å². The van der Waals surface area contributed by atoms with Gasteiger partial charge in [0.2, 0.25) is 0 Å². The van der Waals surface area contributed by atoms with Crippen LogP contribution in [0.25, 0.3) is 0 Å². The molecule has 0 amide bonds. The largest absolute Gasteiger partial charge is 0.377 e. The lowest BCUT2D eigenvalue weighted by Crippen LogP contribution is -2.41. The summed E-state index contributed by atoms with van der Waals surface area (Å²) in [5.41, 5.74) is 0. The maximum absolute atomic E-state index is 8.39. The van der Waals surface area contributed by atoms with Crippen LogP contribution in [0.3, 0.4) is 0 Å². The summed E-state index contributed by atoms with van der Waals surface area (Å²) < 4.78 is 5.86. The van der Waals surface area contributed by atoms with Crippen LogP contribution in [-0.4, -0.2) is 25.8 Å². The van der Waals surface area contributed by atoms with Crippen LogP contribution in [0.5, 0.6) is 0 Å². The summed E-state index contributed by atoms with van der Waals surface area (Å²) in [6.07, 6.45) is 8.06. The summed E-state index contributed by atoms with van der Waals surface area (Å²) in [5.74, 6) is 0. The lowest BCUT2D eigenvalue weighted by atomic mass is 9.92. The summed E-state index contributed by atoms with van der Waals surface area (Å²) in [7, 11) is 2.02. The third kappa shape index (κ3) is 4.63. The molecular formula is C12H22N2O. The van der Waals surface area contributed by atoms with Crippen LogP contribution < -0.4 is 5.32 Å². The minimum absolute atomic E-state index is 0.394. The summed E-state index contributed by atoms with van der Waals surface area (Å²) in [6, 6.07) is 2.69. The van der Waals surface area contributed by atoms with Crippen molar-refractivity contribution in [1.29, 1.82) is 5.26 Å². The molecule has 0 radical (unpaired) electrons. The van der Waals surface area contributed by atoms with Gasteiger partial charge in [-0.05, 0) is 32.7 Å². The second-order valence-electron chi connectivity index (χ2n) is 4.20. The molecule has 1 N–H and O–H groups in total.